The Morgan fingerprint density at radius 3 is 2.25 bits per heavy atom. The fourth-order valence-corrected chi connectivity index (χ4v) is 1.93. The van der Waals surface area contributed by atoms with Crippen LogP contribution in [0.25, 0.3) is 11.2 Å². The van der Waals surface area contributed by atoms with Gasteiger partial charge in [-0.25, -0.2) is 9.97 Å². The van der Waals surface area contributed by atoms with Crippen LogP contribution in [0.3, 0.4) is 0 Å². The number of alkyl halides is 3. The standard InChI is InChI=1S/C14H15N7.CHF3O.CH2O/c1-8-2-4-9(5-3-8)17-6-10-7-18-13-11(19-10)12(15)20-14(16)21-13;2-1(3,4)5;1-2/h2-5,7,17H,6H2,1H3,(H4,15,16,18,20,21);5H;1H2. The third-order valence-electron chi connectivity index (χ3n) is 3.03. The summed E-state index contributed by atoms with van der Waals surface area (Å²) in [5.74, 6) is 0.335. The molecule has 0 amide bonds. The molecule has 0 unspecified atom stereocenters. The minimum Gasteiger partial charge on any atom is -0.382 e. The van der Waals surface area contributed by atoms with Crippen molar-refractivity contribution in [3.05, 3.63) is 41.7 Å². The van der Waals surface area contributed by atoms with Crippen LogP contribution in [0.2, 0.25) is 0 Å². The van der Waals surface area contributed by atoms with Gasteiger partial charge in [0.05, 0.1) is 18.4 Å². The summed E-state index contributed by atoms with van der Waals surface area (Å²) in [5, 5.41) is 9.80. The van der Waals surface area contributed by atoms with Crippen LogP contribution in [0.1, 0.15) is 11.3 Å². The predicted octanol–water partition coefficient (Wildman–Crippen LogP) is 1.82. The van der Waals surface area contributed by atoms with E-state index in [9.17, 15) is 13.2 Å². The van der Waals surface area contributed by atoms with Gasteiger partial charge in [0.15, 0.2) is 17.0 Å². The molecule has 3 rings (SSSR count). The third kappa shape index (κ3) is 7.78. The molecule has 12 heteroatoms. The lowest BCUT2D eigenvalue weighted by atomic mass is 10.2. The third-order valence-corrected chi connectivity index (χ3v) is 3.03. The van der Waals surface area contributed by atoms with E-state index in [4.69, 9.17) is 21.4 Å². The zero-order valence-corrected chi connectivity index (χ0v) is 14.7. The minimum absolute atomic E-state index is 0.0971. The summed E-state index contributed by atoms with van der Waals surface area (Å²) in [6, 6.07) is 8.12. The van der Waals surface area contributed by atoms with Crippen molar-refractivity contribution in [1.82, 2.24) is 19.9 Å². The smallest absolute Gasteiger partial charge is 0.382 e. The van der Waals surface area contributed by atoms with E-state index >= 15 is 0 Å². The monoisotopic (exact) mass is 397 g/mol. The lowest BCUT2D eigenvalue weighted by Crippen LogP contribution is -2.06. The van der Waals surface area contributed by atoms with Crippen molar-refractivity contribution in [3.63, 3.8) is 0 Å². The second-order valence-electron chi connectivity index (χ2n) is 5.19. The summed E-state index contributed by atoms with van der Waals surface area (Å²) < 4.78 is 29.7. The second kappa shape index (κ2) is 9.97. The first-order chi connectivity index (χ1) is 13.1. The molecule has 6 N–H and O–H groups in total. The van der Waals surface area contributed by atoms with E-state index in [-0.39, 0.29) is 11.8 Å². The Morgan fingerprint density at radius 2 is 1.68 bits per heavy atom. The van der Waals surface area contributed by atoms with Crippen LogP contribution in [0, 0.1) is 6.92 Å². The number of aromatic nitrogens is 4. The summed E-state index contributed by atoms with van der Waals surface area (Å²) in [6.45, 7) is 4.59. The SMILES string of the molecule is C=O.Cc1ccc(NCc2cnc3nc(N)nc(N)c3n2)cc1.OC(F)(F)F. The van der Waals surface area contributed by atoms with E-state index in [1.807, 2.05) is 38.0 Å². The number of nitrogen functional groups attached to an aromatic ring is 2. The van der Waals surface area contributed by atoms with Crippen LogP contribution in [-0.4, -0.2) is 38.2 Å². The van der Waals surface area contributed by atoms with Gasteiger partial charge in [-0.3, -0.25) is 0 Å². The minimum atomic E-state index is -5.00. The summed E-state index contributed by atoms with van der Waals surface area (Å²) in [5.41, 5.74) is 15.2. The first-order valence-electron chi connectivity index (χ1n) is 7.55. The number of nitrogens with one attached hydrogen (secondary N) is 1. The molecule has 1 aromatic carbocycles. The van der Waals surface area contributed by atoms with Gasteiger partial charge in [-0.05, 0) is 19.1 Å². The van der Waals surface area contributed by atoms with Gasteiger partial charge >= 0.3 is 6.36 Å². The number of carbonyl (C=O) groups excluding carboxylic acids is 1. The Labute approximate surface area is 157 Å². The van der Waals surface area contributed by atoms with E-state index < -0.39 is 6.36 Å². The number of halogens is 3. The van der Waals surface area contributed by atoms with Crippen molar-refractivity contribution in [2.45, 2.75) is 19.8 Å². The van der Waals surface area contributed by atoms with Crippen LogP contribution in [0.5, 0.6) is 0 Å². The van der Waals surface area contributed by atoms with Gasteiger partial charge in [0, 0.05) is 5.69 Å². The average molecular weight is 397 g/mol. The quantitative estimate of drug-likeness (QED) is 0.518. The van der Waals surface area contributed by atoms with Gasteiger partial charge in [-0.15, -0.1) is 13.2 Å². The van der Waals surface area contributed by atoms with Crippen LogP contribution in [0.15, 0.2) is 30.5 Å². The van der Waals surface area contributed by atoms with Crippen molar-refractivity contribution >= 4 is 35.4 Å². The molecule has 150 valence electrons. The number of anilines is 3. The first-order valence-corrected chi connectivity index (χ1v) is 7.55. The van der Waals surface area contributed by atoms with E-state index in [0.717, 1.165) is 11.4 Å². The summed E-state index contributed by atoms with van der Waals surface area (Å²) in [4.78, 5) is 24.5. The summed E-state index contributed by atoms with van der Waals surface area (Å²) >= 11 is 0. The van der Waals surface area contributed by atoms with Crippen molar-refractivity contribution in [2.24, 2.45) is 0 Å². The number of nitrogens with two attached hydrogens (primary N) is 2. The van der Waals surface area contributed by atoms with Crippen LogP contribution >= 0.6 is 0 Å². The molecule has 0 aliphatic heterocycles. The van der Waals surface area contributed by atoms with Crippen molar-refractivity contribution in [1.29, 1.82) is 0 Å². The Bertz CT molecular complexity index is 899. The fraction of sp³-hybridized carbons (Fsp3) is 0.188. The van der Waals surface area contributed by atoms with Crippen molar-refractivity contribution in [3.8, 4) is 0 Å². The molecule has 0 aliphatic rings. The highest BCUT2D eigenvalue weighted by molar-refractivity contribution is 5.81. The zero-order chi connectivity index (χ0) is 21.3. The second-order valence-corrected chi connectivity index (χ2v) is 5.19. The molecule has 0 atom stereocenters. The van der Waals surface area contributed by atoms with Crippen LogP contribution in [-0.2, 0) is 11.3 Å². The van der Waals surface area contributed by atoms with Gasteiger partial charge in [-0.1, -0.05) is 17.7 Å². The highest BCUT2D eigenvalue weighted by Gasteiger charge is 2.20. The fourth-order valence-electron chi connectivity index (χ4n) is 1.93. The van der Waals surface area contributed by atoms with Crippen molar-refractivity contribution in [2.75, 3.05) is 16.8 Å². The first kappa shape index (κ1) is 22.5. The zero-order valence-electron chi connectivity index (χ0n) is 14.7. The summed E-state index contributed by atoms with van der Waals surface area (Å²) in [6.07, 6.45) is -3.35. The highest BCUT2D eigenvalue weighted by Crippen LogP contribution is 2.15. The number of fused-ring (bicyclic) bond motifs is 1. The molecule has 0 saturated heterocycles. The van der Waals surface area contributed by atoms with Gasteiger partial charge in [-0.2, -0.15) is 9.97 Å². The number of nitrogens with zero attached hydrogens (tertiary/aromatic N) is 4. The molecule has 3 aromatic rings. The molecule has 0 spiro atoms. The number of aliphatic hydroxyl groups is 1. The Hall–Kier alpha value is -3.54. The Balaban J connectivity index is 0.000000490. The molecule has 9 nitrogen and oxygen atoms in total. The highest BCUT2D eigenvalue weighted by atomic mass is 19.4. The van der Waals surface area contributed by atoms with Crippen LogP contribution in [0.4, 0.5) is 30.6 Å². The maximum absolute atomic E-state index is 9.91. The maximum Gasteiger partial charge on any atom is 0.519 e. The molecule has 0 bridgehead atoms. The molecule has 0 radical (unpaired) electrons. The molecule has 0 fully saturated rings. The topological polar surface area (TPSA) is 153 Å². The number of hydrogen-bond donors (Lipinski definition) is 4. The van der Waals surface area contributed by atoms with Gasteiger partial charge in [0.2, 0.25) is 5.95 Å². The number of aryl methyl sites for hydroxylation is 1. The number of hydrogen-bond acceptors (Lipinski definition) is 9. The van der Waals surface area contributed by atoms with E-state index in [2.05, 4.69) is 25.3 Å². The normalized spacial score (nSPS) is 10.3. The maximum atomic E-state index is 9.91. The molecule has 28 heavy (non-hydrogen) atoms. The van der Waals surface area contributed by atoms with E-state index in [1.54, 1.807) is 6.20 Å². The van der Waals surface area contributed by atoms with Gasteiger partial charge in [0.25, 0.3) is 0 Å². The predicted molar refractivity (Wildman–Crippen MR) is 97.9 cm³/mol. The van der Waals surface area contributed by atoms with Crippen LogP contribution < -0.4 is 16.8 Å². The largest absolute Gasteiger partial charge is 0.519 e. The Morgan fingerprint density at radius 1 is 1.11 bits per heavy atom. The summed E-state index contributed by atoms with van der Waals surface area (Å²) in [7, 11) is 0. The lowest BCUT2D eigenvalue weighted by Gasteiger charge is -2.07. The molecule has 0 aliphatic carbocycles. The molecule has 0 saturated carbocycles. The molecule has 2 heterocycles. The number of carbonyl (C=O) groups is 1. The molecule has 2 aromatic heterocycles. The Kier molecular flexibility index (Phi) is 8.01. The van der Waals surface area contributed by atoms with E-state index in [0.29, 0.717) is 17.7 Å². The van der Waals surface area contributed by atoms with Crippen molar-refractivity contribution < 1.29 is 23.1 Å². The van der Waals surface area contributed by atoms with E-state index in [1.165, 1.54) is 5.56 Å². The molecular weight excluding hydrogens is 379 g/mol. The van der Waals surface area contributed by atoms with Gasteiger partial charge < -0.3 is 26.7 Å². The number of benzene rings is 1. The average Bonchev–Trinajstić information content (AvgIpc) is 2.62. The number of rotatable bonds is 3. The van der Waals surface area contributed by atoms with Gasteiger partial charge in [0.1, 0.15) is 6.79 Å². The lowest BCUT2D eigenvalue weighted by molar-refractivity contribution is -0.295. The molecular formula is C16H18F3N7O2.